The van der Waals surface area contributed by atoms with Gasteiger partial charge in [-0.1, -0.05) is 6.92 Å². The molecular weight excluding hydrogens is 156 g/mol. The second kappa shape index (κ2) is 3.72. The summed E-state index contributed by atoms with van der Waals surface area (Å²) in [4.78, 5) is 6.57. The summed E-state index contributed by atoms with van der Waals surface area (Å²) >= 11 is 1.71. The maximum Gasteiger partial charge on any atom is 0.185 e. The Hall–Kier alpha value is -0.570. The molecular formula is C8H14N2S. The normalized spacial score (nSPS) is 10.1. The van der Waals surface area contributed by atoms with Gasteiger partial charge in [-0.25, -0.2) is 4.98 Å². The van der Waals surface area contributed by atoms with Crippen molar-refractivity contribution >= 4 is 16.5 Å². The van der Waals surface area contributed by atoms with Crippen molar-refractivity contribution in [3.05, 3.63) is 11.1 Å². The Kier molecular flexibility index (Phi) is 2.88. The van der Waals surface area contributed by atoms with Crippen LogP contribution in [-0.2, 0) is 0 Å². The molecule has 0 spiro atoms. The van der Waals surface area contributed by atoms with E-state index in [2.05, 4.69) is 29.2 Å². The lowest BCUT2D eigenvalue weighted by molar-refractivity contribution is 0.846. The van der Waals surface area contributed by atoms with Crippen LogP contribution in [0.5, 0.6) is 0 Å². The van der Waals surface area contributed by atoms with Gasteiger partial charge in [0.25, 0.3) is 0 Å². The molecule has 0 bridgehead atoms. The van der Waals surface area contributed by atoms with E-state index in [1.54, 1.807) is 11.3 Å². The van der Waals surface area contributed by atoms with Crippen LogP contribution < -0.4 is 4.90 Å². The zero-order valence-electron chi connectivity index (χ0n) is 7.29. The summed E-state index contributed by atoms with van der Waals surface area (Å²) in [6.07, 6.45) is 1.18. The fourth-order valence-electron chi connectivity index (χ4n) is 0.948. The molecule has 1 rings (SSSR count). The van der Waals surface area contributed by atoms with Crippen molar-refractivity contribution < 1.29 is 0 Å². The third-order valence-electron chi connectivity index (χ3n) is 1.49. The first-order valence-corrected chi connectivity index (χ1v) is 4.75. The molecule has 0 atom stereocenters. The highest BCUT2D eigenvalue weighted by Crippen LogP contribution is 2.18. The highest BCUT2D eigenvalue weighted by Gasteiger charge is 2.02. The summed E-state index contributed by atoms with van der Waals surface area (Å²) in [6.45, 7) is 5.30. The van der Waals surface area contributed by atoms with Crippen LogP contribution in [0.3, 0.4) is 0 Å². The van der Waals surface area contributed by atoms with Crippen LogP contribution in [0, 0.1) is 6.92 Å². The summed E-state index contributed by atoms with van der Waals surface area (Å²) in [5.74, 6) is 0. The van der Waals surface area contributed by atoms with Crippen LogP contribution in [0.25, 0.3) is 0 Å². The van der Waals surface area contributed by atoms with Crippen molar-refractivity contribution in [2.24, 2.45) is 0 Å². The summed E-state index contributed by atoms with van der Waals surface area (Å²) in [5, 5.41) is 3.21. The maximum absolute atomic E-state index is 4.37. The molecule has 1 aromatic rings. The Morgan fingerprint density at radius 1 is 1.64 bits per heavy atom. The van der Waals surface area contributed by atoms with Crippen LogP contribution in [0.2, 0.25) is 0 Å². The van der Waals surface area contributed by atoms with E-state index in [1.165, 1.54) is 6.42 Å². The van der Waals surface area contributed by atoms with E-state index >= 15 is 0 Å². The van der Waals surface area contributed by atoms with Crippen LogP contribution in [-0.4, -0.2) is 18.6 Å². The van der Waals surface area contributed by atoms with E-state index in [1.807, 2.05) is 6.92 Å². The number of aromatic nitrogens is 1. The molecule has 0 amide bonds. The van der Waals surface area contributed by atoms with Gasteiger partial charge < -0.3 is 4.90 Å². The average molecular weight is 170 g/mol. The van der Waals surface area contributed by atoms with Crippen LogP contribution in [0.4, 0.5) is 5.13 Å². The fourth-order valence-corrected chi connectivity index (χ4v) is 1.74. The van der Waals surface area contributed by atoms with Gasteiger partial charge in [-0.05, 0) is 13.3 Å². The largest absolute Gasteiger partial charge is 0.351 e. The third kappa shape index (κ3) is 2.19. The zero-order valence-corrected chi connectivity index (χ0v) is 8.11. The van der Waals surface area contributed by atoms with E-state index in [9.17, 15) is 0 Å². The van der Waals surface area contributed by atoms with Gasteiger partial charge in [0.1, 0.15) is 0 Å². The molecule has 0 aliphatic rings. The number of aryl methyl sites for hydroxylation is 1. The number of hydrogen-bond donors (Lipinski definition) is 0. The lowest BCUT2D eigenvalue weighted by Crippen LogP contribution is -2.17. The van der Waals surface area contributed by atoms with E-state index in [-0.39, 0.29) is 0 Å². The minimum absolute atomic E-state index is 1.09. The summed E-state index contributed by atoms with van der Waals surface area (Å²) in [6, 6.07) is 0. The second-order valence-electron chi connectivity index (χ2n) is 2.69. The van der Waals surface area contributed by atoms with Gasteiger partial charge in [0.15, 0.2) is 5.13 Å². The number of nitrogens with zero attached hydrogens (tertiary/aromatic N) is 2. The smallest absolute Gasteiger partial charge is 0.185 e. The van der Waals surface area contributed by atoms with Gasteiger partial charge in [-0.3, -0.25) is 0 Å². The Morgan fingerprint density at radius 2 is 2.36 bits per heavy atom. The Morgan fingerprint density at radius 3 is 2.82 bits per heavy atom. The third-order valence-corrected chi connectivity index (χ3v) is 2.57. The van der Waals surface area contributed by atoms with Crippen molar-refractivity contribution in [2.45, 2.75) is 20.3 Å². The lowest BCUT2D eigenvalue weighted by Gasteiger charge is -2.13. The molecule has 0 N–H and O–H groups in total. The van der Waals surface area contributed by atoms with Crippen molar-refractivity contribution in [3.63, 3.8) is 0 Å². The molecule has 62 valence electrons. The maximum atomic E-state index is 4.37. The average Bonchev–Trinajstić information content (AvgIpc) is 2.36. The lowest BCUT2D eigenvalue weighted by atomic mass is 10.5. The van der Waals surface area contributed by atoms with Crippen molar-refractivity contribution in [1.82, 2.24) is 4.98 Å². The molecule has 0 aromatic carbocycles. The van der Waals surface area contributed by atoms with Gasteiger partial charge in [-0.15, -0.1) is 11.3 Å². The Labute approximate surface area is 71.9 Å². The highest BCUT2D eigenvalue weighted by atomic mass is 32.1. The molecule has 0 radical (unpaired) electrons. The van der Waals surface area contributed by atoms with E-state index in [4.69, 9.17) is 0 Å². The highest BCUT2D eigenvalue weighted by molar-refractivity contribution is 7.13. The predicted molar refractivity (Wildman–Crippen MR) is 50.4 cm³/mol. The topological polar surface area (TPSA) is 16.1 Å². The van der Waals surface area contributed by atoms with E-state index in [0.717, 1.165) is 17.4 Å². The minimum atomic E-state index is 1.09. The molecule has 0 aliphatic carbocycles. The first-order valence-electron chi connectivity index (χ1n) is 3.87. The first kappa shape index (κ1) is 8.53. The fraction of sp³-hybridized carbons (Fsp3) is 0.625. The molecule has 1 aromatic heterocycles. The Bertz CT molecular complexity index is 220. The molecule has 2 nitrogen and oxygen atoms in total. The first-order chi connectivity index (χ1) is 5.24. The molecule has 3 heteroatoms. The Balaban J connectivity index is 2.60. The van der Waals surface area contributed by atoms with Gasteiger partial charge in [0.2, 0.25) is 0 Å². The zero-order chi connectivity index (χ0) is 8.27. The monoisotopic (exact) mass is 170 g/mol. The van der Waals surface area contributed by atoms with Crippen LogP contribution >= 0.6 is 11.3 Å². The molecule has 1 heterocycles. The number of thiazole rings is 1. The molecule has 0 saturated heterocycles. The molecule has 0 unspecified atom stereocenters. The number of rotatable bonds is 3. The van der Waals surface area contributed by atoms with Gasteiger partial charge in [-0.2, -0.15) is 0 Å². The van der Waals surface area contributed by atoms with Crippen molar-refractivity contribution in [3.8, 4) is 0 Å². The molecule has 0 aliphatic heterocycles. The van der Waals surface area contributed by atoms with E-state index < -0.39 is 0 Å². The SMILES string of the molecule is CCCN(C)c1nc(C)cs1. The molecule has 0 fully saturated rings. The van der Waals surface area contributed by atoms with E-state index in [0.29, 0.717) is 0 Å². The van der Waals surface area contributed by atoms with Gasteiger partial charge in [0.05, 0.1) is 5.69 Å². The summed E-state index contributed by atoms with van der Waals surface area (Å²) in [7, 11) is 2.09. The minimum Gasteiger partial charge on any atom is -0.351 e. The van der Waals surface area contributed by atoms with Crippen molar-refractivity contribution in [2.75, 3.05) is 18.5 Å². The predicted octanol–water partition coefficient (Wildman–Crippen LogP) is 2.30. The molecule has 0 saturated carbocycles. The second-order valence-corrected chi connectivity index (χ2v) is 3.53. The summed E-state index contributed by atoms with van der Waals surface area (Å²) in [5.41, 5.74) is 1.12. The summed E-state index contributed by atoms with van der Waals surface area (Å²) < 4.78 is 0. The standard InChI is InChI=1S/C8H14N2S/c1-4-5-10(3)8-9-7(2)6-11-8/h6H,4-5H2,1-3H3. The van der Waals surface area contributed by atoms with Crippen molar-refractivity contribution in [1.29, 1.82) is 0 Å². The number of hydrogen-bond acceptors (Lipinski definition) is 3. The molecule has 11 heavy (non-hydrogen) atoms. The van der Waals surface area contributed by atoms with Crippen LogP contribution in [0.1, 0.15) is 19.0 Å². The quantitative estimate of drug-likeness (QED) is 0.692. The van der Waals surface area contributed by atoms with Gasteiger partial charge in [0, 0.05) is 19.0 Å². The number of anilines is 1. The van der Waals surface area contributed by atoms with Gasteiger partial charge >= 0.3 is 0 Å². The van der Waals surface area contributed by atoms with Crippen LogP contribution in [0.15, 0.2) is 5.38 Å².